The molecule has 0 amide bonds. The number of hydrogen-bond donors (Lipinski definition) is 2. The minimum atomic E-state index is -0.0192. The molecule has 2 heterocycles. The fraction of sp³-hybridized carbons (Fsp3) is 0.471. The highest BCUT2D eigenvalue weighted by Crippen LogP contribution is 2.39. The Morgan fingerprint density at radius 2 is 2.22 bits per heavy atom. The molecule has 0 spiro atoms. The number of halogens is 1. The van der Waals surface area contributed by atoms with Crippen molar-refractivity contribution in [2.75, 3.05) is 19.7 Å². The van der Waals surface area contributed by atoms with Crippen LogP contribution in [-0.2, 0) is 13.0 Å². The lowest BCUT2D eigenvalue weighted by Crippen LogP contribution is -2.31. The van der Waals surface area contributed by atoms with E-state index < -0.39 is 0 Å². The Kier molecular flexibility index (Phi) is 4.78. The van der Waals surface area contributed by atoms with E-state index in [9.17, 15) is 5.11 Å². The molecule has 1 aromatic carbocycles. The first-order valence-electron chi connectivity index (χ1n) is 8.08. The van der Waals surface area contributed by atoms with Crippen LogP contribution < -0.4 is 4.74 Å². The first-order valence-corrected chi connectivity index (χ1v) is 8.46. The van der Waals surface area contributed by atoms with Gasteiger partial charge in [-0.3, -0.25) is 10.00 Å². The van der Waals surface area contributed by atoms with Crippen LogP contribution in [0.2, 0.25) is 5.02 Å². The minimum Gasteiger partial charge on any atom is -0.503 e. The molecule has 6 heteroatoms. The summed E-state index contributed by atoms with van der Waals surface area (Å²) < 4.78 is 5.48. The number of aromatic nitrogens is 2. The molecule has 0 unspecified atom stereocenters. The van der Waals surface area contributed by atoms with Crippen molar-refractivity contribution >= 4 is 11.6 Å². The number of aromatic hydroxyl groups is 1. The molecular formula is C17H22ClN3O2. The zero-order valence-corrected chi connectivity index (χ0v) is 14.3. The highest BCUT2D eigenvalue weighted by molar-refractivity contribution is 6.32. The number of nitrogens with one attached hydrogen (secondary N) is 1. The van der Waals surface area contributed by atoms with Gasteiger partial charge >= 0.3 is 0 Å². The molecular weight excluding hydrogens is 314 g/mol. The molecule has 0 aliphatic carbocycles. The van der Waals surface area contributed by atoms with Gasteiger partial charge in [-0.1, -0.05) is 18.5 Å². The number of phenols is 1. The molecule has 5 nitrogen and oxygen atoms in total. The Morgan fingerprint density at radius 3 is 2.96 bits per heavy atom. The van der Waals surface area contributed by atoms with Crippen LogP contribution in [0.5, 0.6) is 11.5 Å². The van der Waals surface area contributed by atoms with E-state index >= 15 is 0 Å². The summed E-state index contributed by atoms with van der Waals surface area (Å²) in [4.78, 5) is 2.44. The van der Waals surface area contributed by atoms with Crippen molar-refractivity contribution in [3.63, 3.8) is 0 Å². The number of benzene rings is 1. The zero-order valence-electron chi connectivity index (χ0n) is 13.5. The largest absolute Gasteiger partial charge is 0.503 e. The Labute approximate surface area is 141 Å². The smallest absolute Gasteiger partial charge is 0.176 e. The molecule has 0 atom stereocenters. The van der Waals surface area contributed by atoms with Gasteiger partial charge in [0.2, 0.25) is 0 Å². The molecule has 0 radical (unpaired) electrons. The first kappa shape index (κ1) is 16.1. The maximum absolute atomic E-state index is 10.0. The van der Waals surface area contributed by atoms with Crippen molar-refractivity contribution in [3.8, 4) is 22.8 Å². The summed E-state index contributed by atoms with van der Waals surface area (Å²) in [7, 11) is 0. The van der Waals surface area contributed by atoms with Crippen molar-refractivity contribution in [1.82, 2.24) is 15.1 Å². The molecule has 124 valence electrons. The predicted molar refractivity (Wildman–Crippen MR) is 91.1 cm³/mol. The summed E-state index contributed by atoms with van der Waals surface area (Å²) in [6.07, 6.45) is 2.12. The van der Waals surface area contributed by atoms with E-state index in [4.69, 9.17) is 16.3 Å². The van der Waals surface area contributed by atoms with Crippen LogP contribution in [0.25, 0.3) is 11.3 Å². The normalized spacial score (nSPS) is 14.7. The van der Waals surface area contributed by atoms with E-state index in [1.807, 2.05) is 6.92 Å². The minimum absolute atomic E-state index is 0.0192. The molecule has 0 saturated carbocycles. The van der Waals surface area contributed by atoms with E-state index in [-0.39, 0.29) is 10.8 Å². The van der Waals surface area contributed by atoms with Crippen molar-refractivity contribution in [3.05, 3.63) is 28.4 Å². The zero-order chi connectivity index (χ0) is 16.4. The molecule has 0 fully saturated rings. The highest BCUT2D eigenvalue weighted by Gasteiger charge is 2.23. The summed E-state index contributed by atoms with van der Waals surface area (Å²) in [5.41, 5.74) is 4.17. The van der Waals surface area contributed by atoms with E-state index in [0.29, 0.717) is 12.4 Å². The van der Waals surface area contributed by atoms with Gasteiger partial charge in [-0.15, -0.1) is 0 Å². The maximum Gasteiger partial charge on any atom is 0.176 e. The lowest BCUT2D eigenvalue weighted by molar-refractivity contribution is 0.254. The van der Waals surface area contributed by atoms with Gasteiger partial charge in [-0.2, -0.15) is 5.10 Å². The topological polar surface area (TPSA) is 61.4 Å². The number of ether oxygens (including phenoxy) is 1. The van der Waals surface area contributed by atoms with Gasteiger partial charge < -0.3 is 9.84 Å². The fourth-order valence-electron chi connectivity index (χ4n) is 3.07. The lowest BCUT2D eigenvalue weighted by Gasteiger charge is -2.26. The average Bonchev–Trinajstić information content (AvgIpc) is 2.95. The third kappa shape index (κ3) is 3.16. The molecule has 1 aliphatic heterocycles. The monoisotopic (exact) mass is 335 g/mol. The molecule has 2 N–H and O–H groups in total. The number of nitrogens with zero attached hydrogens (tertiary/aromatic N) is 2. The highest BCUT2D eigenvalue weighted by atomic mass is 35.5. The average molecular weight is 336 g/mol. The van der Waals surface area contributed by atoms with E-state index in [2.05, 4.69) is 22.0 Å². The van der Waals surface area contributed by atoms with E-state index in [0.717, 1.165) is 43.7 Å². The van der Waals surface area contributed by atoms with Crippen molar-refractivity contribution in [2.45, 2.75) is 33.2 Å². The summed E-state index contributed by atoms with van der Waals surface area (Å²) in [6, 6.07) is 3.55. The van der Waals surface area contributed by atoms with Crippen LogP contribution in [0.3, 0.4) is 0 Å². The molecule has 3 rings (SSSR count). The number of hydrogen-bond acceptors (Lipinski definition) is 4. The summed E-state index contributed by atoms with van der Waals surface area (Å²) >= 11 is 6.15. The van der Waals surface area contributed by atoms with Crippen LogP contribution in [0, 0.1) is 0 Å². The lowest BCUT2D eigenvalue weighted by atomic mass is 10.0. The van der Waals surface area contributed by atoms with Gasteiger partial charge in [0.25, 0.3) is 0 Å². The van der Waals surface area contributed by atoms with Gasteiger partial charge in [-0.05, 0) is 32.0 Å². The molecule has 1 aromatic heterocycles. The summed E-state index contributed by atoms with van der Waals surface area (Å²) in [6.45, 7) is 7.57. The van der Waals surface area contributed by atoms with Gasteiger partial charge in [0.05, 0.1) is 17.3 Å². The van der Waals surface area contributed by atoms with Crippen molar-refractivity contribution in [2.24, 2.45) is 0 Å². The van der Waals surface area contributed by atoms with Crippen LogP contribution in [-0.4, -0.2) is 39.9 Å². The van der Waals surface area contributed by atoms with Crippen LogP contribution in [0.1, 0.15) is 31.5 Å². The molecule has 1 aliphatic rings. The van der Waals surface area contributed by atoms with Crippen LogP contribution in [0.4, 0.5) is 0 Å². The number of aromatic amines is 1. The number of H-pyrrole nitrogens is 1. The van der Waals surface area contributed by atoms with Gasteiger partial charge in [0, 0.05) is 36.3 Å². The number of rotatable bonds is 5. The molecule has 0 saturated heterocycles. The second kappa shape index (κ2) is 6.81. The van der Waals surface area contributed by atoms with E-state index in [1.54, 1.807) is 12.1 Å². The van der Waals surface area contributed by atoms with E-state index in [1.165, 1.54) is 11.3 Å². The van der Waals surface area contributed by atoms with Crippen LogP contribution in [0.15, 0.2) is 12.1 Å². The molecule has 2 aromatic rings. The van der Waals surface area contributed by atoms with Gasteiger partial charge in [0.15, 0.2) is 11.5 Å². The van der Waals surface area contributed by atoms with Gasteiger partial charge in [-0.25, -0.2) is 0 Å². The Bertz CT molecular complexity index is 699. The second-order valence-corrected chi connectivity index (χ2v) is 6.20. The Morgan fingerprint density at radius 1 is 1.39 bits per heavy atom. The number of phenolic OH excluding ortho intramolecular Hbond substituents is 1. The predicted octanol–water partition coefficient (Wildman–Crippen LogP) is 3.60. The second-order valence-electron chi connectivity index (χ2n) is 5.79. The third-order valence-electron chi connectivity index (χ3n) is 4.15. The van der Waals surface area contributed by atoms with Gasteiger partial charge in [0.1, 0.15) is 0 Å². The van der Waals surface area contributed by atoms with Crippen LogP contribution >= 0.6 is 11.6 Å². The molecule has 23 heavy (non-hydrogen) atoms. The third-order valence-corrected chi connectivity index (χ3v) is 4.44. The quantitative estimate of drug-likeness (QED) is 0.876. The SMILES string of the molecule is CCCN1CCc2[nH]nc(-c3cc(Cl)c(O)c(OCC)c3)c2C1. The maximum atomic E-state index is 10.0. The first-order chi connectivity index (χ1) is 11.1. The molecule has 0 bridgehead atoms. The fourth-order valence-corrected chi connectivity index (χ4v) is 3.28. The van der Waals surface area contributed by atoms with Crippen molar-refractivity contribution < 1.29 is 9.84 Å². The van der Waals surface area contributed by atoms with Crippen molar-refractivity contribution in [1.29, 1.82) is 0 Å². The number of fused-ring (bicyclic) bond motifs is 1. The summed E-state index contributed by atoms with van der Waals surface area (Å²) in [5.74, 6) is 0.377. The Hall–Kier alpha value is -1.72. The summed E-state index contributed by atoms with van der Waals surface area (Å²) in [5, 5.41) is 17.9. The Balaban J connectivity index is 1.99. The standard InChI is InChI=1S/C17H22ClN3O2/c1-3-6-21-7-5-14-12(10-21)16(20-19-14)11-8-13(18)17(22)15(9-11)23-4-2/h8-9,22H,3-7,10H2,1-2H3,(H,19,20).